The van der Waals surface area contributed by atoms with Crippen molar-refractivity contribution in [2.75, 3.05) is 0 Å². The number of halogens is 2. The Labute approximate surface area is 74.9 Å². The molecule has 2 unspecified atom stereocenters. The molecule has 0 heterocycles. The molecular weight excluding hydrogens is 187 g/mol. The summed E-state index contributed by atoms with van der Waals surface area (Å²) in [6, 6.07) is 0. The lowest BCUT2D eigenvalue weighted by Crippen LogP contribution is -2.19. The first-order chi connectivity index (χ1) is 5.13. The van der Waals surface area contributed by atoms with Crippen molar-refractivity contribution < 1.29 is 9.59 Å². The minimum atomic E-state index is -0.429. The van der Waals surface area contributed by atoms with Crippen LogP contribution in [0.15, 0.2) is 0 Å². The van der Waals surface area contributed by atoms with Crippen molar-refractivity contribution in [2.45, 2.75) is 19.3 Å². The van der Waals surface area contributed by atoms with Crippen LogP contribution in [0.5, 0.6) is 0 Å². The van der Waals surface area contributed by atoms with Crippen LogP contribution in [-0.2, 0) is 9.59 Å². The molecule has 2 nitrogen and oxygen atoms in total. The van der Waals surface area contributed by atoms with Gasteiger partial charge < -0.3 is 0 Å². The topological polar surface area (TPSA) is 34.1 Å². The lowest BCUT2D eigenvalue weighted by atomic mass is 9.99. The van der Waals surface area contributed by atoms with E-state index in [4.69, 9.17) is 23.2 Å². The highest BCUT2D eigenvalue weighted by Gasteiger charge is 2.35. The van der Waals surface area contributed by atoms with Gasteiger partial charge in [0.05, 0.1) is 0 Å². The molecular formula is C7H8Cl2O2. The number of rotatable bonds is 2. The molecule has 1 saturated carbocycles. The van der Waals surface area contributed by atoms with Gasteiger partial charge in [-0.2, -0.15) is 0 Å². The van der Waals surface area contributed by atoms with E-state index in [1.165, 1.54) is 0 Å². The molecule has 1 rings (SSSR count). The fraction of sp³-hybridized carbons (Fsp3) is 0.714. The predicted molar refractivity (Wildman–Crippen MR) is 42.6 cm³/mol. The minimum Gasteiger partial charge on any atom is -0.281 e. The van der Waals surface area contributed by atoms with Crippen molar-refractivity contribution >= 4 is 33.7 Å². The van der Waals surface area contributed by atoms with E-state index >= 15 is 0 Å². The quantitative estimate of drug-likeness (QED) is 0.631. The molecule has 0 aliphatic heterocycles. The van der Waals surface area contributed by atoms with Gasteiger partial charge in [0.15, 0.2) is 0 Å². The highest BCUT2D eigenvalue weighted by molar-refractivity contribution is 6.66. The molecule has 2 atom stereocenters. The van der Waals surface area contributed by atoms with Gasteiger partial charge in [-0.25, -0.2) is 0 Å². The Morgan fingerprint density at radius 3 is 1.64 bits per heavy atom. The van der Waals surface area contributed by atoms with Gasteiger partial charge in [-0.1, -0.05) is 6.42 Å². The lowest BCUT2D eigenvalue weighted by Gasteiger charge is -2.09. The first-order valence-electron chi connectivity index (χ1n) is 3.51. The summed E-state index contributed by atoms with van der Waals surface area (Å²) in [6.45, 7) is 0. The number of carbonyl (C=O) groups excluding carboxylic acids is 2. The van der Waals surface area contributed by atoms with Crippen molar-refractivity contribution in [1.29, 1.82) is 0 Å². The van der Waals surface area contributed by atoms with E-state index < -0.39 is 10.5 Å². The fourth-order valence-corrected chi connectivity index (χ4v) is 2.03. The molecule has 0 saturated heterocycles. The van der Waals surface area contributed by atoms with Crippen LogP contribution in [0.1, 0.15) is 19.3 Å². The normalized spacial score (nSPS) is 30.4. The molecule has 0 aromatic heterocycles. The number of hydrogen-bond acceptors (Lipinski definition) is 2. The van der Waals surface area contributed by atoms with Gasteiger partial charge in [-0.3, -0.25) is 9.59 Å². The second-order valence-corrected chi connectivity index (χ2v) is 3.50. The van der Waals surface area contributed by atoms with Crippen LogP contribution in [0, 0.1) is 11.8 Å². The zero-order valence-corrected chi connectivity index (χ0v) is 7.36. The third-order valence-corrected chi connectivity index (χ3v) is 2.66. The summed E-state index contributed by atoms with van der Waals surface area (Å²) in [5.74, 6) is -0.664. The van der Waals surface area contributed by atoms with Crippen LogP contribution in [0.2, 0.25) is 0 Å². The zero-order valence-electron chi connectivity index (χ0n) is 5.85. The molecule has 0 spiro atoms. The molecule has 0 aromatic carbocycles. The molecule has 0 bridgehead atoms. The van der Waals surface area contributed by atoms with E-state index in [-0.39, 0.29) is 11.8 Å². The van der Waals surface area contributed by atoms with Crippen molar-refractivity contribution in [3.63, 3.8) is 0 Å². The molecule has 0 radical (unpaired) electrons. The molecule has 11 heavy (non-hydrogen) atoms. The summed E-state index contributed by atoms with van der Waals surface area (Å²) in [5, 5.41) is -0.858. The van der Waals surface area contributed by atoms with E-state index in [0.29, 0.717) is 12.8 Å². The van der Waals surface area contributed by atoms with Crippen molar-refractivity contribution in [2.24, 2.45) is 11.8 Å². The van der Waals surface area contributed by atoms with Gasteiger partial charge >= 0.3 is 0 Å². The highest BCUT2D eigenvalue weighted by Crippen LogP contribution is 2.34. The average molecular weight is 195 g/mol. The zero-order chi connectivity index (χ0) is 8.43. The maximum absolute atomic E-state index is 10.7. The third-order valence-electron chi connectivity index (χ3n) is 2.10. The summed E-state index contributed by atoms with van der Waals surface area (Å²) in [4.78, 5) is 21.4. The largest absolute Gasteiger partial charge is 0.281 e. The van der Waals surface area contributed by atoms with Gasteiger partial charge in [0.2, 0.25) is 10.5 Å². The molecule has 0 aromatic rings. The summed E-state index contributed by atoms with van der Waals surface area (Å²) in [6.07, 6.45) is 2.27. The Morgan fingerprint density at radius 1 is 1.00 bits per heavy atom. The SMILES string of the molecule is O=C(Cl)C1CCCC1C(=O)Cl. The maximum atomic E-state index is 10.7. The van der Waals surface area contributed by atoms with Crippen LogP contribution < -0.4 is 0 Å². The van der Waals surface area contributed by atoms with E-state index in [1.54, 1.807) is 0 Å². The molecule has 4 heteroatoms. The van der Waals surface area contributed by atoms with E-state index in [2.05, 4.69) is 0 Å². The monoisotopic (exact) mass is 194 g/mol. The molecule has 0 amide bonds. The van der Waals surface area contributed by atoms with Gasteiger partial charge in [-0.15, -0.1) is 0 Å². The Bertz CT molecular complexity index is 171. The van der Waals surface area contributed by atoms with Crippen LogP contribution in [0.25, 0.3) is 0 Å². The Morgan fingerprint density at radius 2 is 1.36 bits per heavy atom. The minimum absolute atomic E-state index is 0.332. The standard InChI is InChI=1S/C7H8Cl2O2/c8-6(10)4-2-1-3-5(4)7(9)11/h4-5H,1-3H2. The molecule has 62 valence electrons. The van der Waals surface area contributed by atoms with Crippen LogP contribution in [-0.4, -0.2) is 10.5 Å². The molecule has 1 fully saturated rings. The van der Waals surface area contributed by atoms with Gasteiger partial charge in [0.25, 0.3) is 0 Å². The molecule has 1 aliphatic carbocycles. The fourth-order valence-electron chi connectivity index (χ4n) is 1.50. The van der Waals surface area contributed by atoms with E-state index in [1.807, 2.05) is 0 Å². The summed E-state index contributed by atoms with van der Waals surface area (Å²) in [5.41, 5.74) is 0. The smallest absolute Gasteiger partial charge is 0.225 e. The second kappa shape index (κ2) is 3.55. The van der Waals surface area contributed by atoms with Gasteiger partial charge in [0, 0.05) is 11.8 Å². The lowest BCUT2D eigenvalue weighted by molar-refractivity contribution is -0.122. The highest BCUT2D eigenvalue weighted by atomic mass is 35.5. The van der Waals surface area contributed by atoms with Crippen LogP contribution >= 0.6 is 23.2 Å². The van der Waals surface area contributed by atoms with Gasteiger partial charge in [-0.05, 0) is 36.0 Å². The Kier molecular flexibility index (Phi) is 2.90. The second-order valence-electron chi connectivity index (χ2n) is 2.75. The molecule has 0 N–H and O–H groups in total. The number of hydrogen-bond donors (Lipinski definition) is 0. The number of carbonyl (C=O) groups is 2. The van der Waals surface area contributed by atoms with Crippen LogP contribution in [0.4, 0.5) is 0 Å². The predicted octanol–water partition coefficient (Wildman–Crippen LogP) is 1.93. The first kappa shape index (κ1) is 9.01. The summed E-state index contributed by atoms with van der Waals surface area (Å²) >= 11 is 10.5. The Hall–Kier alpha value is -0.0800. The average Bonchev–Trinajstić information content (AvgIpc) is 2.32. The van der Waals surface area contributed by atoms with E-state index in [9.17, 15) is 9.59 Å². The van der Waals surface area contributed by atoms with Crippen molar-refractivity contribution in [3.05, 3.63) is 0 Å². The first-order valence-corrected chi connectivity index (χ1v) is 4.27. The maximum Gasteiger partial charge on any atom is 0.225 e. The third kappa shape index (κ3) is 1.94. The summed E-state index contributed by atoms with van der Waals surface area (Å²) in [7, 11) is 0. The molecule has 1 aliphatic rings. The summed E-state index contributed by atoms with van der Waals surface area (Å²) < 4.78 is 0. The van der Waals surface area contributed by atoms with E-state index in [0.717, 1.165) is 6.42 Å². The van der Waals surface area contributed by atoms with Crippen LogP contribution in [0.3, 0.4) is 0 Å². The van der Waals surface area contributed by atoms with Crippen molar-refractivity contribution in [1.82, 2.24) is 0 Å². The van der Waals surface area contributed by atoms with Crippen molar-refractivity contribution in [3.8, 4) is 0 Å². The van der Waals surface area contributed by atoms with Gasteiger partial charge in [0.1, 0.15) is 0 Å². The Balaban J connectivity index is 2.65.